The van der Waals surface area contributed by atoms with Crippen LogP contribution in [0.15, 0.2) is 30.9 Å². The highest BCUT2D eigenvalue weighted by molar-refractivity contribution is 6.16. The van der Waals surface area contributed by atoms with E-state index in [1.807, 2.05) is 36.0 Å². The first-order chi connectivity index (χ1) is 6.79. The van der Waals surface area contributed by atoms with Gasteiger partial charge in [0.2, 0.25) is 0 Å². The molecule has 2 rings (SSSR count). The molecule has 0 saturated heterocycles. The molecule has 0 fully saturated rings. The van der Waals surface area contributed by atoms with Gasteiger partial charge < -0.3 is 0 Å². The fourth-order valence-corrected chi connectivity index (χ4v) is 1.31. The van der Waals surface area contributed by atoms with E-state index in [2.05, 4.69) is 9.97 Å². The third-order valence-corrected chi connectivity index (χ3v) is 2.21. The largest absolute Gasteiger partial charge is 0.290 e. The smallest absolute Gasteiger partial charge is 0.137 e. The van der Waals surface area contributed by atoms with Crippen LogP contribution >= 0.6 is 11.6 Å². The van der Waals surface area contributed by atoms with Crippen LogP contribution in [-0.2, 0) is 5.88 Å². The maximum Gasteiger partial charge on any atom is 0.137 e. The second kappa shape index (κ2) is 3.80. The number of hydrogen-bond acceptors (Lipinski definition) is 2. The van der Waals surface area contributed by atoms with Crippen molar-refractivity contribution in [2.24, 2.45) is 0 Å². The Bertz CT molecular complexity index is 419. The van der Waals surface area contributed by atoms with Gasteiger partial charge in [-0.25, -0.2) is 9.97 Å². The van der Waals surface area contributed by atoms with E-state index < -0.39 is 0 Å². The lowest BCUT2D eigenvalue weighted by Crippen LogP contribution is -1.93. The second-order valence-electron chi connectivity index (χ2n) is 3.10. The Morgan fingerprint density at radius 1 is 1.36 bits per heavy atom. The normalized spacial score (nSPS) is 10.4. The monoisotopic (exact) mass is 207 g/mol. The number of hydrogen-bond donors (Lipinski definition) is 0. The Morgan fingerprint density at radius 2 is 2.21 bits per heavy atom. The molecule has 72 valence electrons. The van der Waals surface area contributed by atoms with Gasteiger partial charge in [0.15, 0.2) is 0 Å². The summed E-state index contributed by atoms with van der Waals surface area (Å²) in [6.45, 7) is 2.01. The number of pyridine rings is 1. The second-order valence-corrected chi connectivity index (χ2v) is 3.37. The maximum atomic E-state index is 5.66. The van der Waals surface area contributed by atoms with Crippen molar-refractivity contribution in [3.63, 3.8) is 0 Å². The summed E-state index contributed by atoms with van der Waals surface area (Å²) in [5.74, 6) is 1.29. The quantitative estimate of drug-likeness (QED) is 0.708. The van der Waals surface area contributed by atoms with Gasteiger partial charge in [0.1, 0.15) is 12.1 Å². The highest BCUT2D eigenvalue weighted by Crippen LogP contribution is 2.07. The van der Waals surface area contributed by atoms with Gasteiger partial charge in [0.05, 0.1) is 11.6 Å². The summed E-state index contributed by atoms with van der Waals surface area (Å²) in [5, 5.41) is 0. The molecule has 2 aromatic rings. The van der Waals surface area contributed by atoms with E-state index in [1.165, 1.54) is 0 Å². The minimum absolute atomic E-state index is 0.429. The number of halogens is 1. The highest BCUT2D eigenvalue weighted by atomic mass is 35.5. The summed E-state index contributed by atoms with van der Waals surface area (Å²) in [6, 6.07) is 3.97. The molecule has 0 radical (unpaired) electrons. The molecule has 0 atom stereocenters. The molecule has 3 nitrogen and oxygen atoms in total. The summed E-state index contributed by atoms with van der Waals surface area (Å²) in [6.07, 6.45) is 5.43. The summed E-state index contributed by atoms with van der Waals surface area (Å²) >= 11 is 5.66. The minimum atomic E-state index is 0.429. The first-order valence-electron chi connectivity index (χ1n) is 4.31. The first kappa shape index (κ1) is 9.21. The third-order valence-electron chi connectivity index (χ3n) is 1.93. The summed E-state index contributed by atoms with van der Waals surface area (Å²) < 4.78 is 1.86. The zero-order valence-corrected chi connectivity index (χ0v) is 8.57. The highest BCUT2D eigenvalue weighted by Gasteiger charge is 1.99. The van der Waals surface area contributed by atoms with E-state index in [9.17, 15) is 0 Å². The minimum Gasteiger partial charge on any atom is -0.290 e. The number of nitrogens with zero attached hydrogens (tertiary/aromatic N) is 3. The van der Waals surface area contributed by atoms with Crippen LogP contribution in [0.5, 0.6) is 0 Å². The third kappa shape index (κ3) is 1.77. The number of aromatic nitrogens is 3. The molecular weight excluding hydrogens is 198 g/mol. The molecular formula is C10H10ClN3. The Labute approximate surface area is 87.4 Å². The van der Waals surface area contributed by atoms with Gasteiger partial charge >= 0.3 is 0 Å². The lowest BCUT2D eigenvalue weighted by Gasteiger charge is -1.99. The van der Waals surface area contributed by atoms with E-state index in [0.29, 0.717) is 5.88 Å². The van der Waals surface area contributed by atoms with Crippen LogP contribution in [0.4, 0.5) is 0 Å². The first-order valence-corrected chi connectivity index (χ1v) is 4.85. The van der Waals surface area contributed by atoms with E-state index in [0.717, 1.165) is 17.1 Å². The van der Waals surface area contributed by atoms with Crippen LogP contribution in [0.3, 0.4) is 0 Å². The van der Waals surface area contributed by atoms with Gasteiger partial charge in [0, 0.05) is 12.4 Å². The Hall–Kier alpha value is -1.35. The number of alkyl halides is 1. The molecule has 0 aromatic carbocycles. The molecule has 0 bridgehead atoms. The van der Waals surface area contributed by atoms with Crippen molar-refractivity contribution in [1.29, 1.82) is 0 Å². The molecule has 0 aliphatic carbocycles. The SMILES string of the molecule is Cc1ccc(-n2cnc(CCl)c2)nc1. The molecule has 0 amide bonds. The standard InChI is InChI=1S/C10H10ClN3/c1-8-2-3-10(12-5-8)14-6-9(4-11)13-7-14/h2-3,5-7H,4H2,1H3. The average Bonchev–Trinajstić information content (AvgIpc) is 2.67. The van der Waals surface area contributed by atoms with Crippen molar-refractivity contribution in [3.8, 4) is 5.82 Å². The van der Waals surface area contributed by atoms with Gasteiger partial charge in [-0.2, -0.15) is 0 Å². The molecule has 0 N–H and O–H groups in total. The summed E-state index contributed by atoms with van der Waals surface area (Å²) in [4.78, 5) is 8.40. The van der Waals surface area contributed by atoms with Crippen LogP contribution in [-0.4, -0.2) is 14.5 Å². The van der Waals surface area contributed by atoms with Crippen LogP contribution in [0, 0.1) is 6.92 Å². The van der Waals surface area contributed by atoms with Crippen molar-refractivity contribution in [3.05, 3.63) is 42.1 Å². The molecule has 0 aliphatic rings. The van der Waals surface area contributed by atoms with Gasteiger partial charge in [-0.15, -0.1) is 11.6 Å². The van der Waals surface area contributed by atoms with E-state index in [1.54, 1.807) is 6.33 Å². The predicted octanol–water partition coefficient (Wildman–Crippen LogP) is 2.31. The Morgan fingerprint density at radius 3 is 2.79 bits per heavy atom. The van der Waals surface area contributed by atoms with Crippen molar-refractivity contribution in [2.45, 2.75) is 12.8 Å². The van der Waals surface area contributed by atoms with Crippen LogP contribution in [0.2, 0.25) is 0 Å². The molecule has 4 heteroatoms. The lowest BCUT2D eigenvalue weighted by atomic mass is 10.3. The number of aryl methyl sites for hydroxylation is 1. The molecule has 2 heterocycles. The van der Waals surface area contributed by atoms with E-state index in [-0.39, 0.29) is 0 Å². The van der Waals surface area contributed by atoms with Crippen LogP contribution in [0.1, 0.15) is 11.3 Å². The van der Waals surface area contributed by atoms with Crippen LogP contribution < -0.4 is 0 Å². The Balaban J connectivity index is 2.34. The van der Waals surface area contributed by atoms with Gasteiger partial charge in [-0.3, -0.25) is 4.57 Å². The predicted molar refractivity (Wildman–Crippen MR) is 55.7 cm³/mol. The fourth-order valence-electron chi connectivity index (χ4n) is 1.17. The van der Waals surface area contributed by atoms with Crippen LogP contribution in [0.25, 0.3) is 5.82 Å². The lowest BCUT2D eigenvalue weighted by molar-refractivity contribution is 0.988. The summed E-state index contributed by atoms with van der Waals surface area (Å²) in [5.41, 5.74) is 2.00. The number of imidazole rings is 1. The van der Waals surface area contributed by atoms with E-state index in [4.69, 9.17) is 11.6 Å². The molecule has 2 aromatic heterocycles. The fraction of sp³-hybridized carbons (Fsp3) is 0.200. The molecule has 0 saturated carbocycles. The zero-order chi connectivity index (χ0) is 9.97. The van der Waals surface area contributed by atoms with Gasteiger partial charge in [-0.1, -0.05) is 6.07 Å². The van der Waals surface area contributed by atoms with E-state index >= 15 is 0 Å². The number of rotatable bonds is 2. The maximum absolute atomic E-state index is 5.66. The Kier molecular flexibility index (Phi) is 2.50. The van der Waals surface area contributed by atoms with Gasteiger partial charge in [0.25, 0.3) is 0 Å². The molecule has 0 aliphatic heterocycles. The van der Waals surface area contributed by atoms with Crippen molar-refractivity contribution in [1.82, 2.24) is 14.5 Å². The molecule has 0 unspecified atom stereocenters. The molecule has 0 spiro atoms. The van der Waals surface area contributed by atoms with Gasteiger partial charge in [-0.05, 0) is 18.6 Å². The zero-order valence-electron chi connectivity index (χ0n) is 7.81. The van der Waals surface area contributed by atoms with Crippen molar-refractivity contribution < 1.29 is 0 Å². The molecule has 14 heavy (non-hydrogen) atoms. The topological polar surface area (TPSA) is 30.7 Å². The van der Waals surface area contributed by atoms with Crippen molar-refractivity contribution in [2.75, 3.05) is 0 Å². The van der Waals surface area contributed by atoms with Crippen molar-refractivity contribution >= 4 is 11.6 Å². The summed E-state index contributed by atoms with van der Waals surface area (Å²) in [7, 11) is 0. The average molecular weight is 208 g/mol.